The molecule has 1 amide bonds. The number of rotatable bonds is 5. The molecule has 0 bridgehead atoms. The molecule has 0 atom stereocenters. The Kier molecular flexibility index (Phi) is 4.90. The van der Waals surface area contributed by atoms with Gasteiger partial charge < -0.3 is 15.4 Å². The average Bonchev–Trinajstić information content (AvgIpc) is 2.79. The first kappa shape index (κ1) is 15.4. The smallest absolute Gasteiger partial charge is 0.286 e. The molecule has 2 N–H and O–H groups in total. The third-order valence-electron chi connectivity index (χ3n) is 3.27. The predicted octanol–water partition coefficient (Wildman–Crippen LogP) is 2.47. The maximum absolute atomic E-state index is 11.7. The third kappa shape index (κ3) is 3.39. The van der Waals surface area contributed by atoms with Gasteiger partial charge in [-0.15, -0.1) is 0 Å². The van der Waals surface area contributed by atoms with Crippen molar-refractivity contribution in [2.75, 3.05) is 25.1 Å². The number of hydrogen-bond donors (Lipinski definition) is 1. The van der Waals surface area contributed by atoms with Crippen molar-refractivity contribution in [3.63, 3.8) is 0 Å². The molecule has 0 spiro atoms. The van der Waals surface area contributed by atoms with Gasteiger partial charge in [0.15, 0.2) is 5.17 Å². The number of amidine groups is 1. The number of nitrogens with zero attached hydrogens (tertiary/aromatic N) is 2. The summed E-state index contributed by atoms with van der Waals surface area (Å²) >= 11 is 1.18. The lowest BCUT2D eigenvalue weighted by atomic mass is 10.1. The summed E-state index contributed by atoms with van der Waals surface area (Å²) in [5.74, 6) is 0.429. The molecule has 0 saturated heterocycles. The standard InChI is InChI=1S/C15H19N3O2S/c1-4-18(5-2)11-7-6-10(12(9-11)20-3)8-13-14(19)17-15(16)21-13/h6-9H,4-5H2,1-3H3,(H2,16,17,19). The van der Waals surface area contributed by atoms with Crippen molar-refractivity contribution in [3.8, 4) is 5.75 Å². The second-order valence-electron chi connectivity index (χ2n) is 4.46. The summed E-state index contributed by atoms with van der Waals surface area (Å²) in [6.45, 7) is 6.08. The topological polar surface area (TPSA) is 67.9 Å². The van der Waals surface area contributed by atoms with Crippen LogP contribution in [0.25, 0.3) is 6.08 Å². The minimum Gasteiger partial charge on any atom is -0.496 e. The van der Waals surface area contributed by atoms with Crippen LogP contribution >= 0.6 is 11.8 Å². The lowest BCUT2D eigenvalue weighted by molar-refractivity contribution is -0.113. The zero-order chi connectivity index (χ0) is 15.4. The van der Waals surface area contributed by atoms with Crippen LogP contribution in [-0.2, 0) is 4.79 Å². The SMILES string of the molecule is CCN(CC)c1ccc(C=C2SC(N)=NC2=O)c(OC)c1. The van der Waals surface area contributed by atoms with E-state index < -0.39 is 0 Å². The molecule has 2 rings (SSSR count). The molecule has 0 aromatic heterocycles. The van der Waals surface area contributed by atoms with E-state index in [2.05, 4.69) is 23.7 Å². The maximum Gasteiger partial charge on any atom is 0.286 e. The average molecular weight is 305 g/mol. The Morgan fingerprint density at radius 3 is 2.62 bits per heavy atom. The summed E-state index contributed by atoms with van der Waals surface area (Å²) in [5, 5.41) is 0.282. The summed E-state index contributed by atoms with van der Waals surface area (Å²) in [6.07, 6.45) is 1.77. The largest absolute Gasteiger partial charge is 0.496 e. The molecular formula is C15H19N3O2S. The summed E-state index contributed by atoms with van der Waals surface area (Å²) in [6, 6.07) is 5.95. The Morgan fingerprint density at radius 1 is 1.38 bits per heavy atom. The van der Waals surface area contributed by atoms with Gasteiger partial charge in [0.1, 0.15) is 5.75 Å². The van der Waals surface area contributed by atoms with Crippen molar-refractivity contribution in [2.45, 2.75) is 13.8 Å². The number of aliphatic imine (C=N–C) groups is 1. The number of amides is 1. The highest BCUT2D eigenvalue weighted by molar-refractivity contribution is 8.18. The highest BCUT2D eigenvalue weighted by Crippen LogP contribution is 2.32. The van der Waals surface area contributed by atoms with E-state index >= 15 is 0 Å². The van der Waals surface area contributed by atoms with E-state index in [9.17, 15) is 4.79 Å². The van der Waals surface area contributed by atoms with E-state index in [0.717, 1.165) is 30.1 Å². The molecule has 0 radical (unpaired) electrons. The number of thioether (sulfide) groups is 1. The summed E-state index contributed by atoms with van der Waals surface area (Å²) in [5.41, 5.74) is 7.49. The van der Waals surface area contributed by atoms with E-state index in [4.69, 9.17) is 10.5 Å². The van der Waals surface area contributed by atoms with E-state index in [-0.39, 0.29) is 11.1 Å². The molecule has 0 saturated carbocycles. The molecule has 6 heteroatoms. The number of methoxy groups -OCH3 is 1. The van der Waals surface area contributed by atoms with Crippen LogP contribution in [0.15, 0.2) is 28.1 Å². The van der Waals surface area contributed by atoms with Gasteiger partial charge in [-0.1, -0.05) is 0 Å². The summed E-state index contributed by atoms with van der Waals surface area (Å²) in [7, 11) is 1.62. The van der Waals surface area contributed by atoms with Crippen LogP contribution in [0.4, 0.5) is 5.69 Å². The molecule has 0 aliphatic carbocycles. The van der Waals surface area contributed by atoms with Gasteiger partial charge in [-0.3, -0.25) is 4.79 Å². The molecule has 21 heavy (non-hydrogen) atoms. The van der Waals surface area contributed by atoms with Crippen LogP contribution in [0.3, 0.4) is 0 Å². The molecule has 1 aliphatic rings. The van der Waals surface area contributed by atoms with Crippen LogP contribution in [0.1, 0.15) is 19.4 Å². The van der Waals surface area contributed by atoms with Gasteiger partial charge in [0.25, 0.3) is 5.91 Å². The molecule has 1 aliphatic heterocycles. The maximum atomic E-state index is 11.7. The molecule has 1 aromatic rings. The number of carbonyl (C=O) groups is 1. The monoisotopic (exact) mass is 305 g/mol. The highest BCUT2D eigenvalue weighted by atomic mass is 32.2. The normalized spacial score (nSPS) is 16.2. The van der Waals surface area contributed by atoms with Gasteiger partial charge in [-0.25, -0.2) is 0 Å². The van der Waals surface area contributed by atoms with Crippen molar-refractivity contribution in [1.29, 1.82) is 0 Å². The minimum atomic E-state index is -0.299. The van der Waals surface area contributed by atoms with Crippen LogP contribution in [0, 0.1) is 0 Å². The van der Waals surface area contributed by atoms with Crippen LogP contribution in [-0.4, -0.2) is 31.3 Å². The lowest BCUT2D eigenvalue weighted by Gasteiger charge is -2.22. The lowest BCUT2D eigenvalue weighted by Crippen LogP contribution is -2.21. The zero-order valence-electron chi connectivity index (χ0n) is 12.4. The van der Waals surface area contributed by atoms with Gasteiger partial charge in [-0.2, -0.15) is 4.99 Å². The first-order valence-corrected chi connectivity index (χ1v) is 7.61. The fourth-order valence-corrected chi connectivity index (χ4v) is 2.84. The first-order chi connectivity index (χ1) is 10.1. The van der Waals surface area contributed by atoms with Crippen molar-refractivity contribution in [2.24, 2.45) is 10.7 Å². The van der Waals surface area contributed by atoms with Gasteiger partial charge >= 0.3 is 0 Å². The molecule has 0 fully saturated rings. The van der Waals surface area contributed by atoms with Crippen LogP contribution < -0.4 is 15.4 Å². The Hall–Kier alpha value is -1.95. The van der Waals surface area contributed by atoms with Crippen molar-refractivity contribution in [1.82, 2.24) is 0 Å². The van der Waals surface area contributed by atoms with Crippen LogP contribution in [0.5, 0.6) is 5.75 Å². The fraction of sp³-hybridized carbons (Fsp3) is 0.333. The zero-order valence-corrected chi connectivity index (χ0v) is 13.2. The second kappa shape index (κ2) is 6.67. The van der Waals surface area contributed by atoms with Crippen molar-refractivity contribution >= 4 is 34.6 Å². The highest BCUT2D eigenvalue weighted by Gasteiger charge is 2.20. The van der Waals surface area contributed by atoms with Gasteiger partial charge in [-0.05, 0) is 43.8 Å². The Morgan fingerprint density at radius 2 is 2.10 bits per heavy atom. The Balaban J connectivity index is 2.33. The van der Waals surface area contributed by atoms with E-state index in [1.807, 2.05) is 18.2 Å². The second-order valence-corrected chi connectivity index (χ2v) is 5.53. The number of carbonyl (C=O) groups excluding carboxylic acids is 1. The number of ether oxygens (including phenoxy) is 1. The Labute approximate surface area is 128 Å². The van der Waals surface area contributed by atoms with Crippen molar-refractivity contribution in [3.05, 3.63) is 28.7 Å². The van der Waals surface area contributed by atoms with Gasteiger partial charge in [0.2, 0.25) is 0 Å². The first-order valence-electron chi connectivity index (χ1n) is 6.80. The fourth-order valence-electron chi connectivity index (χ4n) is 2.17. The quantitative estimate of drug-likeness (QED) is 0.846. The predicted molar refractivity (Wildman–Crippen MR) is 88.8 cm³/mol. The van der Waals surface area contributed by atoms with Gasteiger partial charge in [0, 0.05) is 30.4 Å². The minimum absolute atomic E-state index is 0.282. The molecular weight excluding hydrogens is 286 g/mol. The number of nitrogens with two attached hydrogens (primary N) is 1. The van der Waals surface area contributed by atoms with E-state index in [0.29, 0.717) is 4.91 Å². The van der Waals surface area contributed by atoms with E-state index in [1.165, 1.54) is 11.8 Å². The molecule has 5 nitrogen and oxygen atoms in total. The van der Waals surface area contributed by atoms with Crippen molar-refractivity contribution < 1.29 is 9.53 Å². The number of hydrogen-bond acceptors (Lipinski definition) is 5. The molecule has 112 valence electrons. The van der Waals surface area contributed by atoms with Crippen LogP contribution in [0.2, 0.25) is 0 Å². The summed E-state index contributed by atoms with van der Waals surface area (Å²) < 4.78 is 5.44. The third-order valence-corrected chi connectivity index (χ3v) is 4.08. The number of benzene rings is 1. The number of anilines is 1. The molecule has 1 heterocycles. The Bertz CT molecular complexity index is 607. The summed E-state index contributed by atoms with van der Waals surface area (Å²) in [4.78, 5) is 18.1. The van der Waals surface area contributed by atoms with E-state index in [1.54, 1.807) is 13.2 Å². The molecule has 1 aromatic carbocycles. The molecule has 0 unspecified atom stereocenters. The van der Waals surface area contributed by atoms with Gasteiger partial charge in [0.05, 0.1) is 12.0 Å².